The molecule has 0 saturated carbocycles. The monoisotopic (exact) mass is 400 g/mol. The number of carbonyl (C=O) groups excluding carboxylic acids is 2. The van der Waals surface area contributed by atoms with Crippen molar-refractivity contribution in [1.82, 2.24) is 9.80 Å². The van der Waals surface area contributed by atoms with Crippen LogP contribution in [0, 0.1) is 5.82 Å². The largest absolute Gasteiger partial charge is 0.497 e. The van der Waals surface area contributed by atoms with Gasteiger partial charge in [0.15, 0.2) is 0 Å². The van der Waals surface area contributed by atoms with Gasteiger partial charge in [-0.25, -0.2) is 4.39 Å². The molecule has 2 amide bonds. The lowest BCUT2D eigenvalue weighted by Crippen LogP contribution is -2.50. The lowest BCUT2D eigenvalue weighted by atomic mass is 10.1. The summed E-state index contributed by atoms with van der Waals surface area (Å²) in [6.45, 7) is 1.75. The van der Waals surface area contributed by atoms with E-state index >= 15 is 0 Å². The Hall–Kier alpha value is -3.09. The van der Waals surface area contributed by atoms with Gasteiger partial charge in [-0.05, 0) is 42.3 Å². The molecule has 29 heavy (non-hydrogen) atoms. The minimum atomic E-state index is -0.485. The first-order chi connectivity index (χ1) is 14.0. The summed E-state index contributed by atoms with van der Waals surface area (Å²) in [5.41, 5.74) is 1.28. The van der Waals surface area contributed by atoms with Gasteiger partial charge in [-0.3, -0.25) is 9.59 Å². The highest BCUT2D eigenvalue weighted by Crippen LogP contribution is 2.22. The Bertz CT molecular complexity index is 862. The van der Waals surface area contributed by atoms with Crippen molar-refractivity contribution in [1.29, 1.82) is 0 Å². The van der Waals surface area contributed by atoms with Crippen molar-refractivity contribution in [3.05, 3.63) is 59.4 Å². The van der Waals surface area contributed by atoms with Gasteiger partial charge in [0.05, 0.1) is 19.8 Å². The van der Waals surface area contributed by atoms with E-state index in [0.29, 0.717) is 44.8 Å². The van der Waals surface area contributed by atoms with Gasteiger partial charge in [0.1, 0.15) is 17.3 Å². The maximum absolute atomic E-state index is 13.6. The standard InChI is InChI=1S/C22H25FN2O4/c1-28-18-7-3-16(4-8-18)5-10-21(26)24-11-13-25(14-12-24)22(27)19-15-17(23)6-9-20(19)29-2/h3-4,6-9,15H,5,10-14H2,1-2H3. The SMILES string of the molecule is COc1ccc(CCC(=O)N2CCN(C(=O)c3cc(F)ccc3OC)CC2)cc1. The van der Waals surface area contributed by atoms with E-state index in [1.165, 1.54) is 25.3 Å². The molecule has 2 aromatic carbocycles. The summed E-state index contributed by atoms with van der Waals surface area (Å²) >= 11 is 0. The highest BCUT2D eigenvalue weighted by Gasteiger charge is 2.26. The topological polar surface area (TPSA) is 59.1 Å². The van der Waals surface area contributed by atoms with Crippen molar-refractivity contribution in [3.63, 3.8) is 0 Å². The van der Waals surface area contributed by atoms with Crippen LogP contribution in [-0.2, 0) is 11.2 Å². The fraction of sp³-hybridized carbons (Fsp3) is 0.364. The molecular weight excluding hydrogens is 375 g/mol. The first-order valence-electron chi connectivity index (χ1n) is 9.55. The van der Waals surface area contributed by atoms with Crippen LogP contribution in [-0.4, -0.2) is 62.0 Å². The van der Waals surface area contributed by atoms with Crippen LogP contribution in [0.3, 0.4) is 0 Å². The smallest absolute Gasteiger partial charge is 0.257 e. The van der Waals surface area contributed by atoms with Gasteiger partial charge in [-0.15, -0.1) is 0 Å². The number of nitrogens with zero attached hydrogens (tertiary/aromatic N) is 2. The molecule has 0 radical (unpaired) electrons. The molecule has 3 rings (SSSR count). The lowest BCUT2D eigenvalue weighted by Gasteiger charge is -2.35. The number of piperazine rings is 1. The van der Waals surface area contributed by atoms with Crippen LogP contribution in [0.1, 0.15) is 22.3 Å². The molecule has 0 unspecified atom stereocenters. The third-order valence-electron chi connectivity index (χ3n) is 5.10. The second kappa shape index (κ2) is 9.41. The van der Waals surface area contributed by atoms with Crippen LogP contribution in [0.5, 0.6) is 11.5 Å². The molecule has 6 nitrogen and oxygen atoms in total. The van der Waals surface area contributed by atoms with Gasteiger partial charge in [0, 0.05) is 32.6 Å². The van der Waals surface area contributed by atoms with E-state index in [1.807, 2.05) is 24.3 Å². The number of aryl methyl sites for hydroxylation is 1. The van der Waals surface area contributed by atoms with E-state index in [1.54, 1.807) is 16.9 Å². The number of halogens is 1. The van der Waals surface area contributed by atoms with Crippen molar-refractivity contribution >= 4 is 11.8 Å². The summed E-state index contributed by atoms with van der Waals surface area (Å²) in [6, 6.07) is 11.6. The highest BCUT2D eigenvalue weighted by atomic mass is 19.1. The predicted octanol–water partition coefficient (Wildman–Crippen LogP) is 2.76. The predicted molar refractivity (Wildman–Crippen MR) is 107 cm³/mol. The molecule has 1 fully saturated rings. The van der Waals surface area contributed by atoms with Gasteiger partial charge >= 0.3 is 0 Å². The zero-order chi connectivity index (χ0) is 20.8. The summed E-state index contributed by atoms with van der Waals surface area (Å²) in [4.78, 5) is 28.7. The normalized spacial score (nSPS) is 13.9. The number of benzene rings is 2. The quantitative estimate of drug-likeness (QED) is 0.748. The fourth-order valence-corrected chi connectivity index (χ4v) is 3.38. The van der Waals surface area contributed by atoms with Gasteiger partial charge < -0.3 is 19.3 Å². The maximum atomic E-state index is 13.6. The minimum Gasteiger partial charge on any atom is -0.497 e. The Morgan fingerprint density at radius 3 is 2.21 bits per heavy atom. The number of methoxy groups -OCH3 is 2. The van der Waals surface area contributed by atoms with E-state index in [4.69, 9.17) is 9.47 Å². The average molecular weight is 400 g/mol. The second-order valence-electron chi connectivity index (χ2n) is 6.87. The number of amides is 2. The van der Waals surface area contributed by atoms with Crippen molar-refractivity contribution in [2.75, 3.05) is 40.4 Å². The molecular formula is C22H25FN2O4. The van der Waals surface area contributed by atoms with Gasteiger partial charge in [-0.2, -0.15) is 0 Å². The average Bonchev–Trinajstić information content (AvgIpc) is 2.77. The molecule has 0 N–H and O–H groups in total. The van der Waals surface area contributed by atoms with E-state index in [2.05, 4.69) is 0 Å². The summed E-state index contributed by atoms with van der Waals surface area (Å²) in [5.74, 6) is 0.426. The van der Waals surface area contributed by atoms with Crippen molar-refractivity contribution < 1.29 is 23.5 Å². The van der Waals surface area contributed by atoms with Crippen molar-refractivity contribution in [2.45, 2.75) is 12.8 Å². The number of rotatable bonds is 6. The molecule has 0 aliphatic carbocycles. The molecule has 0 spiro atoms. The Morgan fingerprint density at radius 2 is 1.59 bits per heavy atom. The van der Waals surface area contributed by atoms with Crippen LogP contribution in [0.4, 0.5) is 4.39 Å². The first-order valence-corrected chi connectivity index (χ1v) is 9.55. The second-order valence-corrected chi connectivity index (χ2v) is 6.87. The summed E-state index contributed by atoms with van der Waals surface area (Å²) in [5, 5.41) is 0. The van der Waals surface area contributed by atoms with Crippen LogP contribution in [0.15, 0.2) is 42.5 Å². The first kappa shape index (κ1) is 20.6. The molecule has 0 aromatic heterocycles. The summed E-state index contributed by atoms with van der Waals surface area (Å²) in [6.07, 6.45) is 1.07. The Kier molecular flexibility index (Phi) is 6.69. The van der Waals surface area contributed by atoms with Crippen LogP contribution >= 0.6 is 0 Å². The Balaban J connectivity index is 1.52. The van der Waals surface area contributed by atoms with E-state index < -0.39 is 5.82 Å². The van der Waals surface area contributed by atoms with Gasteiger partial charge in [0.2, 0.25) is 5.91 Å². The van der Waals surface area contributed by atoms with Crippen molar-refractivity contribution in [3.8, 4) is 11.5 Å². The Labute approximate surface area is 169 Å². The van der Waals surface area contributed by atoms with E-state index in [0.717, 1.165) is 11.3 Å². The minimum absolute atomic E-state index is 0.0660. The zero-order valence-electron chi connectivity index (χ0n) is 16.7. The number of hydrogen-bond donors (Lipinski definition) is 0. The van der Waals surface area contributed by atoms with Crippen LogP contribution in [0.25, 0.3) is 0 Å². The number of hydrogen-bond acceptors (Lipinski definition) is 4. The van der Waals surface area contributed by atoms with Crippen LogP contribution < -0.4 is 9.47 Å². The molecule has 1 aliphatic rings. The Morgan fingerprint density at radius 1 is 0.931 bits per heavy atom. The van der Waals surface area contributed by atoms with E-state index in [9.17, 15) is 14.0 Å². The van der Waals surface area contributed by atoms with Gasteiger partial charge in [-0.1, -0.05) is 12.1 Å². The molecule has 1 saturated heterocycles. The molecule has 2 aromatic rings. The maximum Gasteiger partial charge on any atom is 0.257 e. The molecule has 1 heterocycles. The van der Waals surface area contributed by atoms with Crippen LogP contribution in [0.2, 0.25) is 0 Å². The molecule has 7 heteroatoms. The molecule has 0 atom stereocenters. The molecule has 1 aliphatic heterocycles. The van der Waals surface area contributed by atoms with Gasteiger partial charge in [0.25, 0.3) is 5.91 Å². The highest BCUT2D eigenvalue weighted by molar-refractivity contribution is 5.97. The van der Waals surface area contributed by atoms with Crippen molar-refractivity contribution in [2.24, 2.45) is 0 Å². The summed E-state index contributed by atoms with van der Waals surface area (Å²) < 4.78 is 23.9. The number of ether oxygens (including phenoxy) is 2. The molecule has 0 bridgehead atoms. The van der Waals surface area contributed by atoms with E-state index in [-0.39, 0.29) is 17.4 Å². The number of carbonyl (C=O) groups is 2. The molecule has 154 valence electrons. The lowest BCUT2D eigenvalue weighted by molar-refractivity contribution is -0.132. The zero-order valence-corrected chi connectivity index (χ0v) is 16.7. The fourth-order valence-electron chi connectivity index (χ4n) is 3.38. The third kappa shape index (κ3) is 5.04. The summed E-state index contributed by atoms with van der Waals surface area (Å²) in [7, 11) is 3.07. The third-order valence-corrected chi connectivity index (χ3v) is 5.10.